The maximum atomic E-state index is 14.2. The van der Waals surface area contributed by atoms with E-state index in [9.17, 15) is 28.8 Å². The number of ether oxygens (including phenoxy) is 1. The average molecular weight is 1020 g/mol. The van der Waals surface area contributed by atoms with Crippen LogP contribution in [0.2, 0.25) is 0 Å². The fourth-order valence-corrected chi connectivity index (χ4v) is 12.5. The van der Waals surface area contributed by atoms with Crippen LogP contribution in [-0.4, -0.2) is 148 Å². The van der Waals surface area contributed by atoms with Crippen molar-refractivity contribution in [2.45, 2.75) is 96.1 Å². The summed E-state index contributed by atoms with van der Waals surface area (Å²) in [7, 11) is 3.12. The van der Waals surface area contributed by atoms with Crippen LogP contribution in [0.4, 0.5) is 10.5 Å². The van der Waals surface area contributed by atoms with Crippen LogP contribution in [0, 0.1) is 5.92 Å². The number of likely N-dealkylation sites (tertiary alicyclic amines) is 1. The predicted octanol–water partition coefficient (Wildman–Crippen LogP) is 4.95. The molecule has 0 radical (unpaired) electrons. The van der Waals surface area contributed by atoms with Crippen LogP contribution in [0.1, 0.15) is 86.8 Å². The molecule has 5 amide bonds. The molecular weight excluding hydrogens is 957 g/mol. The number of aromatic nitrogens is 8. The van der Waals surface area contributed by atoms with E-state index in [1.165, 1.54) is 7.11 Å². The third kappa shape index (κ3) is 8.69. The summed E-state index contributed by atoms with van der Waals surface area (Å²) in [6.07, 6.45) is 11.2. The van der Waals surface area contributed by atoms with Crippen molar-refractivity contribution in [3.63, 3.8) is 0 Å². The van der Waals surface area contributed by atoms with Crippen molar-refractivity contribution in [3.8, 4) is 22.4 Å². The Bertz CT molecular complexity index is 3490. The third-order valence-electron chi connectivity index (χ3n) is 16.5. The zero-order valence-electron chi connectivity index (χ0n) is 42.8. The number of amides is 5. The van der Waals surface area contributed by atoms with E-state index in [0.717, 1.165) is 101 Å². The topological polar surface area (TPSA) is 223 Å². The molecule has 5 aromatic heterocycles. The minimum atomic E-state index is -0.630. The number of aromatic amines is 1. The number of pyridine rings is 1. The third-order valence-corrected chi connectivity index (χ3v) is 16.5. The fourth-order valence-electron chi connectivity index (χ4n) is 12.5. The van der Waals surface area contributed by atoms with E-state index in [-0.39, 0.29) is 54.5 Å². The number of piperidine rings is 2. The molecule has 21 nitrogen and oxygen atoms in total. The Balaban J connectivity index is 0.724. The molecule has 2 aromatic carbocycles. The first-order valence-corrected chi connectivity index (χ1v) is 26.3. The molecule has 0 bridgehead atoms. The molecule has 3 atom stereocenters. The van der Waals surface area contributed by atoms with Crippen molar-refractivity contribution in [3.05, 3.63) is 82.8 Å². The Hall–Kier alpha value is -7.81. The normalized spacial score (nSPS) is 20.8. The summed E-state index contributed by atoms with van der Waals surface area (Å²) >= 11 is 0. The zero-order chi connectivity index (χ0) is 51.8. The van der Waals surface area contributed by atoms with Gasteiger partial charge in [-0.15, -0.1) is 0 Å². The number of alkyl carbamates (subject to hydrolysis) is 1. The second-order valence-electron chi connectivity index (χ2n) is 21.3. The number of carbonyl (C=O) groups excluding carboxylic acids is 5. The number of hydrogen-bond donors (Lipinski definition) is 3. The molecule has 75 heavy (non-hydrogen) atoms. The van der Waals surface area contributed by atoms with Gasteiger partial charge in [0, 0.05) is 118 Å². The van der Waals surface area contributed by atoms with Gasteiger partial charge in [0.25, 0.3) is 5.91 Å². The van der Waals surface area contributed by atoms with Crippen LogP contribution >= 0.6 is 0 Å². The molecule has 1 unspecified atom stereocenters. The van der Waals surface area contributed by atoms with Crippen LogP contribution in [0.25, 0.3) is 55.4 Å². The lowest BCUT2D eigenvalue weighted by atomic mass is 9.95. The summed E-state index contributed by atoms with van der Waals surface area (Å²) in [5.74, 6) is -0.358. The largest absolute Gasteiger partial charge is 0.453 e. The monoisotopic (exact) mass is 1020 g/mol. The molecule has 12 rings (SSSR count). The Morgan fingerprint density at radius 3 is 2.47 bits per heavy atom. The van der Waals surface area contributed by atoms with Gasteiger partial charge in [-0.05, 0) is 99.7 Å². The van der Waals surface area contributed by atoms with Crippen LogP contribution in [0.5, 0.6) is 0 Å². The van der Waals surface area contributed by atoms with Crippen LogP contribution in [-0.2, 0) is 39.3 Å². The number of imidazole rings is 1. The Labute approximate surface area is 431 Å². The molecule has 1 saturated carbocycles. The lowest BCUT2D eigenvalue weighted by Gasteiger charge is -2.39. The number of rotatable bonds is 11. The minimum absolute atomic E-state index is 0.0192. The maximum Gasteiger partial charge on any atom is 0.407 e. The molecule has 3 saturated heterocycles. The maximum absolute atomic E-state index is 14.2. The van der Waals surface area contributed by atoms with Gasteiger partial charge in [0.05, 0.1) is 53.3 Å². The van der Waals surface area contributed by atoms with Gasteiger partial charge in [0.15, 0.2) is 0 Å². The molecule has 4 fully saturated rings. The van der Waals surface area contributed by atoms with Crippen LogP contribution in [0.3, 0.4) is 0 Å². The van der Waals surface area contributed by atoms with Gasteiger partial charge in [-0.3, -0.25) is 47.9 Å². The number of aryl methyl sites for hydroxylation is 1. The van der Waals surface area contributed by atoms with Crippen molar-refractivity contribution in [2.24, 2.45) is 13.0 Å². The zero-order valence-corrected chi connectivity index (χ0v) is 42.8. The summed E-state index contributed by atoms with van der Waals surface area (Å²) in [5, 5.41) is 16.5. The number of H-pyrrole nitrogens is 1. The average Bonchev–Trinajstić information content (AvgIpc) is 4.29. The number of methoxy groups -OCH3 is 1. The van der Waals surface area contributed by atoms with Crippen molar-refractivity contribution in [2.75, 3.05) is 57.8 Å². The number of nitrogens with zero attached hydrogens (tertiary/aromatic N) is 11. The standard InChI is InChI=1S/C54H62N14O7/c1-31(2)68-41-10-5-33(21-34(41)24-57-68)46-47-49-43(61(3)54(74)67(49)39-7-6-37(23-39)58-53(73)75-4)26-55-50(47)60-48(46)36-25-56-65(28-36)30-45(70)64-15-13-32(14-16-64)27-62-17-19-63(20-18-62)38-8-9-40-35(22-38)29-66(52(40)72)42-11-12-44(69)59-51(42)71/h5,8-10,21-22,24-26,28,31-32,37,39,42H,6-7,11-20,23,27,29-30H2,1-4H3,(H,55,60)(H,58,73)(H,59,69,71)/t37-,39-,42?/m1/s1. The highest BCUT2D eigenvalue weighted by Crippen LogP contribution is 2.43. The molecule has 3 N–H and O–H groups in total. The second kappa shape index (κ2) is 19.2. The first kappa shape index (κ1) is 48.1. The van der Waals surface area contributed by atoms with Gasteiger partial charge in [-0.1, -0.05) is 6.07 Å². The van der Waals surface area contributed by atoms with E-state index in [2.05, 4.69) is 63.5 Å². The molecule has 390 valence electrons. The van der Waals surface area contributed by atoms with Crippen molar-refractivity contribution in [1.29, 1.82) is 0 Å². The molecular formula is C54H62N14O7. The minimum Gasteiger partial charge on any atom is -0.453 e. The first-order valence-electron chi connectivity index (χ1n) is 26.3. The molecule has 5 aliphatic rings. The Morgan fingerprint density at radius 2 is 1.69 bits per heavy atom. The van der Waals surface area contributed by atoms with E-state index < -0.39 is 18.0 Å². The van der Waals surface area contributed by atoms with Gasteiger partial charge in [0.2, 0.25) is 17.7 Å². The summed E-state index contributed by atoms with van der Waals surface area (Å²) in [6, 6.07) is 11.5. The summed E-state index contributed by atoms with van der Waals surface area (Å²) in [6.45, 7) is 10.6. The van der Waals surface area contributed by atoms with E-state index in [1.54, 1.807) is 33.6 Å². The number of hydrogen-bond acceptors (Lipinski definition) is 12. The van der Waals surface area contributed by atoms with Crippen LogP contribution in [0.15, 0.2) is 66.0 Å². The van der Waals surface area contributed by atoms with E-state index >= 15 is 0 Å². The van der Waals surface area contributed by atoms with E-state index in [4.69, 9.17) is 19.9 Å². The molecule has 4 aliphatic heterocycles. The number of fused-ring (bicyclic) bond motifs is 5. The first-order chi connectivity index (χ1) is 36.3. The highest BCUT2D eigenvalue weighted by atomic mass is 16.5. The smallest absolute Gasteiger partial charge is 0.407 e. The van der Waals surface area contributed by atoms with Crippen molar-refractivity contribution < 1.29 is 28.7 Å². The highest BCUT2D eigenvalue weighted by molar-refractivity contribution is 6.15. The molecule has 1 aliphatic carbocycles. The van der Waals surface area contributed by atoms with Gasteiger partial charge < -0.3 is 29.7 Å². The quantitative estimate of drug-likeness (QED) is 0.147. The SMILES string of the molecule is COC(=O)N[C@@H]1CC[C@@H](n2c(=O)n(C)c3cnc4[nH]c(-c5cnn(CC(=O)N6CCC(CN7CCN(c8ccc9c(c8)CN(C8CCC(=O)NC8=O)C9=O)CC7)CC6)c5)c(-c5ccc6c(cnn6C(C)C)c5)c4c32)C1. The number of benzene rings is 2. The number of carbonyl (C=O) groups is 5. The second-order valence-corrected chi connectivity index (χ2v) is 21.3. The van der Waals surface area contributed by atoms with E-state index in [1.807, 2.05) is 38.7 Å². The number of nitrogens with one attached hydrogen (secondary N) is 3. The molecule has 21 heteroatoms. The van der Waals surface area contributed by atoms with Gasteiger partial charge in [0.1, 0.15) is 18.2 Å². The molecule has 7 aromatic rings. The summed E-state index contributed by atoms with van der Waals surface area (Å²) in [4.78, 5) is 94.8. The fraction of sp³-hybridized carbons (Fsp3) is 0.463. The van der Waals surface area contributed by atoms with Gasteiger partial charge in [-0.25, -0.2) is 14.6 Å². The van der Waals surface area contributed by atoms with E-state index in [0.29, 0.717) is 68.0 Å². The molecule has 9 heterocycles. The highest BCUT2D eigenvalue weighted by Gasteiger charge is 2.40. The number of anilines is 1. The predicted molar refractivity (Wildman–Crippen MR) is 280 cm³/mol. The number of piperazine rings is 1. The van der Waals surface area contributed by atoms with Crippen molar-refractivity contribution >= 4 is 68.4 Å². The van der Waals surface area contributed by atoms with Gasteiger partial charge >= 0.3 is 11.8 Å². The Kier molecular flexibility index (Phi) is 12.3. The van der Waals surface area contributed by atoms with Crippen molar-refractivity contribution in [1.82, 2.24) is 64.0 Å². The lowest BCUT2D eigenvalue weighted by molar-refractivity contribution is -0.137. The van der Waals surface area contributed by atoms with Gasteiger partial charge in [-0.2, -0.15) is 10.2 Å². The summed E-state index contributed by atoms with van der Waals surface area (Å²) < 4.78 is 12.1. The lowest BCUT2D eigenvalue weighted by Crippen LogP contribution is -2.52. The van der Waals surface area contributed by atoms with Crippen LogP contribution < -0.4 is 21.2 Å². The molecule has 0 spiro atoms. The Morgan fingerprint density at radius 1 is 0.880 bits per heavy atom. The summed E-state index contributed by atoms with van der Waals surface area (Å²) in [5.41, 5.74) is 8.84. The number of imide groups is 1.